The summed E-state index contributed by atoms with van der Waals surface area (Å²) < 4.78 is 0. The van der Waals surface area contributed by atoms with Crippen molar-refractivity contribution in [3.8, 4) is 0 Å². The standard InChI is InChI=1S/C21H33N3O2.ClH/c1-3-13-23(14-4-2)20(25)17-19-21(26)24(16-12-22-19)15-8-11-18-9-6-5-7-10-18;/h5-7,9-10,19,22H,3-4,8,11-17H2,1-2H3;1H. The summed E-state index contributed by atoms with van der Waals surface area (Å²) in [5.74, 6) is 0.163. The molecule has 1 N–H and O–H groups in total. The summed E-state index contributed by atoms with van der Waals surface area (Å²) in [7, 11) is 0. The summed E-state index contributed by atoms with van der Waals surface area (Å²) in [6.07, 6.45) is 4.09. The van der Waals surface area contributed by atoms with Gasteiger partial charge in [0.15, 0.2) is 0 Å². The number of amides is 2. The minimum absolute atomic E-state index is 0. The first kappa shape index (κ1) is 23.4. The van der Waals surface area contributed by atoms with Crippen molar-refractivity contribution in [1.82, 2.24) is 15.1 Å². The van der Waals surface area contributed by atoms with Gasteiger partial charge in [0.1, 0.15) is 0 Å². The maximum atomic E-state index is 12.7. The van der Waals surface area contributed by atoms with Crippen molar-refractivity contribution in [2.45, 2.75) is 52.0 Å². The molecule has 0 bridgehead atoms. The molecule has 1 saturated heterocycles. The van der Waals surface area contributed by atoms with Gasteiger partial charge in [-0.1, -0.05) is 44.2 Å². The maximum Gasteiger partial charge on any atom is 0.240 e. The SMILES string of the molecule is CCCN(CCC)C(=O)CC1NCCN(CCCc2ccccc2)C1=O.Cl. The fourth-order valence-corrected chi connectivity index (χ4v) is 3.50. The lowest BCUT2D eigenvalue weighted by atomic mass is 10.1. The molecule has 1 fully saturated rings. The molecule has 1 aromatic carbocycles. The van der Waals surface area contributed by atoms with Crippen LogP contribution in [0, 0.1) is 0 Å². The Kier molecular flexibility index (Phi) is 11.1. The highest BCUT2D eigenvalue weighted by Gasteiger charge is 2.30. The number of carbonyl (C=O) groups excluding carboxylic acids is 2. The molecule has 1 aromatic rings. The van der Waals surface area contributed by atoms with Crippen molar-refractivity contribution in [1.29, 1.82) is 0 Å². The second kappa shape index (κ2) is 12.7. The molecule has 0 spiro atoms. The molecule has 6 heteroatoms. The van der Waals surface area contributed by atoms with E-state index in [1.165, 1.54) is 5.56 Å². The Balaban J connectivity index is 0.00000364. The van der Waals surface area contributed by atoms with Crippen LogP contribution in [0.25, 0.3) is 0 Å². The Hall–Kier alpha value is -1.59. The van der Waals surface area contributed by atoms with Crippen molar-refractivity contribution < 1.29 is 9.59 Å². The van der Waals surface area contributed by atoms with Crippen LogP contribution in [0.2, 0.25) is 0 Å². The first-order valence-corrected chi connectivity index (χ1v) is 9.99. The highest BCUT2D eigenvalue weighted by Crippen LogP contribution is 2.10. The Morgan fingerprint density at radius 3 is 2.48 bits per heavy atom. The fourth-order valence-electron chi connectivity index (χ4n) is 3.50. The van der Waals surface area contributed by atoms with Crippen molar-refractivity contribution in [3.05, 3.63) is 35.9 Å². The number of nitrogens with one attached hydrogen (secondary N) is 1. The lowest BCUT2D eigenvalue weighted by Gasteiger charge is -2.34. The zero-order chi connectivity index (χ0) is 18.8. The first-order chi connectivity index (χ1) is 12.7. The van der Waals surface area contributed by atoms with Crippen LogP contribution in [0.4, 0.5) is 0 Å². The van der Waals surface area contributed by atoms with E-state index in [0.717, 1.165) is 58.4 Å². The molecule has 1 aliphatic heterocycles. The van der Waals surface area contributed by atoms with E-state index in [4.69, 9.17) is 0 Å². The van der Waals surface area contributed by atoms with Gasteiger partial charge in [-0.15, -0.1) is 12.4 Å². The molecule has 0 aromatic heterocycles. The smallest absolute Gasteiger partial charge is 0.240 e. The number of nitrogens with zero attached hydrogens (tertiary/aromatic N) is 2. The molecule has 0 saturated carbocycles. The molecule has 2 amide bonds. The van der Waals surface area contributed by atoms with E-state index in [2.05, 4.69) is 31.3 Å². The predicted molar refractivity (Wildman–Crippen MR) is 112 cm³/mol. The van der Waals surface area contributed by atoms with Crippen LogP contribution in [-0.2, 0) is 16.0 Å². The number of piperazine rings is 1. The Labute approximate surface area is 169 Å². The van der Waals surface area contributed by atoms with Gasteiger partial charge in [-0.3, -0.25) is 9.59 Å². The van der Waals surface area contributed by atoms with Crippen LogP contribution >= 0.6 is 12.4 Å². The van der Waals surface area contributed by atoms with Gasteiger partial charge in [-0.25, -0.2) is 0 Å². The van der Waals surface area contributed by atoms with Crippen LogP contribution in [0.1, 0.15) is 45.1 Å². The minimum atomic E-state index is -0.371. The van der Waals surface area contributed by atoms with E-state index in [-0.39, 0.29) is 36.7 Å². The van der Waals surface area contributed by atoms with Crippen LogP contribution in [-0.4, -0.2) is 60.4 Å². The van der Waals surface area contributed by atoms with E-state index in [9.17, 15) is 9.59 Å². The summed E-state index contributed by atoms with van der Waals surface area (Å²) in [4.78, 5) is 29.1. The van der Waals surface area contributed by atoms with Gasteiger partial charge in [-0.2, -0.15) is 0 Å². The average molecular weight is 396 g/mol. The van der Waals surface area contributed by atoms with Crippen molar-refractivity contribution in [3.63, 3.8) is 0 Å². The average Bonchev–Trinajstić information content (AvgIpc) is 2.65. The van der Waals surface area contributed by atoms with Gasteiger partial charge in [0, 0.05) is 32.7 Å². The Morgan fingerprint density at radius 1 is 1.19 bits per heavy atom. The summed E-state index contributed by atoms with van der Waals surface area (Å²) in [6, 6.07) is 9.99. The molecule has 0 aliphatic carbocycles. The zero-order valence-corrected chi connectivity index (χ0v) is 17.5. The normalized spacial score (nSPS) is 16.7. The number of halogens is 1. The van der Waals surface area contributed by atoms with Crippen LogP contribution in [0.5, 0.6) is 0 Å². The van der Waals surface area contributed by atoms with Gasteiger partial charge in [-0.05, 0) is 31.2 Å². The molecule has 1 unspecified atom stereocenters. The van der Waals surface area contributed by atoms with Gasteiger partial charge in [0.25, 0.3) is 0 Å². The van der Waals surface area contributed by atoms with E-state index in [1.807, 2.05) is 28.0 Å². The molecular weight excluding hydrogens is 362 g/mol. The third-order valence-corrected chi connectivity index (χ3v) is 4.84. The highest BCUT2D eigenvalue weighted by atomic mass is 35.5. The monoisotopic (exact) mass is 395 g/mol. The Morgan fingerprint density at radius 2 is 1.85 bits per heavy atom. The lowest BCUT2D eigenvalue weighted by molar-refractivity contribution is -0.141. The van der Waals surface area contributed by atoms with Crippen molar-refractivity contribution in [2.75, 3.05) is 32.7 Å². The van der Waals surface area contributed by atoms with Crippen LogP contribution < -0.4 is 5.32 Å². The summed E-state index contributed by atoms with van der Waals surface area (Å²) in [5, 5.41) is 3.24. The molecule has 2 rings (SSSR count). The summed E-state index contributed by atoms with van der Waals surface area (Å²) >= 11 is 0. The molecule has 1 atom stereocenters. The number of hydrogen-bond acceptors (Lipinski definition) is 3. The minimum Gasteiger partial charge on any atom is -0.343 e. The largest absolute Gasteiger partial charge is 0.343 e. The second-order valence-corrected chi connectivity index (χ2v) is 7.01. The highest BCUT2D eigenvalue weighted by molar-refractivity contribution is 5.89. The zero-order valence-electron chi connectivity index (χ0n) is 16.7. The van der Waals surface area contributed by atoms with Crippen LogP contribution in [0.3, 0.4) is 0 Å². The molecule has 27 heavy (non-hydrogen) atoms. The predicted octanol–water partition coefficient (Wildman–Crippen LogP) is 2.88. The van der Waals surface area contributed by atoms with Gasteiger partial charge in [0.2, 0.25) is 11.8 Å². The van der Waals surface area contributed by atoms with Crippen LogP contribution in [0.15, 0.2) is 30.3 Å². The Bertz CT molecular complexity index is 562. The third-order valence-electron chi connectivity index (χ3n) is 4.84. The summed E-state index contributed by atoms with van der Waals surface area (Å²) in [6.45, 7) is 7.95. The second-order valence-electron chi connectivity index (χ2n) is 7.01. The molecule has 152 valence electrons. The molecule has 5 nitrogen and oxygen atoms in total. The molecule has 1 heterocycles. The van der Waals surface area contributed by atoms with Crippen molar-refractivity contribution >= 4 is 24.2 Å². The lowest BCUT2D eigenvalue weighted by Crippen LogP contribution is -2.56. The van der Waals surface area contributed by atoms with Gasteiger partial charge < -0.3 is 15.1 Å². The van der Waals surface area contributed by atoms with Gasteiger partial charge in [0.05, 0.1) is 12.5 Å². The number of rotatable bonds is 10. The van der Waals surface area contributed by atoms with Gasteiger partial charge >= 0.3 is 0 Å². The van der Waals surface area contributed by atoms with E-state index in [0.29, 0.717) is 0 Å². The van der Waals surface area contributed by atoms with Crippen molar-refractivity contribution in [2.24, 2.45) is 0 Å². The molecule has 1 aliphatic rings. The number of benzene rings is 1. The number of hydrogen-bond donors (Lipinski definition) is 1. The van der Waals surface area contributed by atoms with E-state index in [1.54, 1.807) is 0 Å². The number of carbonyl (C=O) groups is 2. The maximum absolute atomic E-state index is 12.7. The van der Waals surface area contributed by atoms with E-state index >= 15 is 0 Å². The molecular formula is C21H34ClN3O2. The quantitative estimate of drug-likeness (QED) is 0.662. The molecule has 0 radical (unpaired) electrons. The summed E-state index contributed by atoms with van der Waals surface area (Å²) in [5.41, 5.74) is 1.30. The third kappa shape index (κ3) is 7.51. The fraction of sp³-hybridized carbons (Fsp3) is 0.619. The topological polar surface area (TPSA) is 52.7 Å². The first-order valence-electron chi connectivity index (χ1n) is 9.99. The van der Waals surface area contributed by atoms with E-state index < -0.39 is 0 Å². The number of aryl methyl sites for hydroxylation is 1.